The van der Waals surface area contributed by atoms with Crippen LogP contribution in [0.3, 0.4) is 0 Å². The van der Waals surface area contributed by atoms with Crippen molar-refractivity contribution in [2.45, 2.75) is 37.6 Å². The van der Waals surface area contributed by atoms with Gasteiger partial charge in [-0.3, -0.25) is 4.79 Å². The molecule has 2 fully saturated rings. The molecule has 0 spiro atoms. The summed E-state index contributed by atoms with van der Waals surface area (Å²) in [5.41, 5.74) is -1.99. The summed E-state index contributed by atoms with van der Waals surface area (Å²) in [5.74, 6) is -6.23. The number of pyridine rings is 1. The van der Waals surface area contributed by atoms with E-state index in [1.54, 1.807) is 0 Å². The molecule has 120 valence electrons. The van der Waals surface area contributed by atoms with Crippen LogP contribution >= 0.6 is 0 Å². The zero-order valence-electron chi connectivity index (χ0n) is 11.9. The molecular formula is C16H12F3NO3. The third kappa shape index (κ3) is 1.99. The second kappa shape index (κ2) is 4.59. The highest BCUT2D eigenvalue weighted by molar-refractivity contribution is 5.94. The number of fused-ring (bicyclic) bond motifs is 1. The van der Waals surface area contributed by atoms with Crippen LogP contribution in [0.4, 0.5) is 13.2 Å². The Morgan fingerprint density at radius 1 is 1.09 bits per heavy atom. The van der Waals surface area contributed by atoms with Crippen molar-refractivity contribution >= 4 is 16.9 Å². The summed E-state index contributed by atoms with van der Waals surface area (Å²) in [7, 11) is 0. The molecule has 4 nitrogen and oxygen atoms in total. The number of hydrogen-bond donors (Lipinski definition) is 1. The third-order valence-corrected chi connectivity index (χ3v) is 4.49. The standard InChI is InChI=1S/C16H12F3NO3/c17-11-9(6-1-2-6)10-14(13(19)12(11)18)20(7-3-4-7)5-8(15(10)21)16(22)23/h5-7H,1-4H2,(H,22,23). The van der Waals surface area contributed by atoms with Gasteiger partial charge in [-0.15, -0.1) is 0 Å². The van der Waals surface area contributed by atoms with Gasteiger partial charge in [-0.05, 0) is 31.6 Å². The lowest BCUT2D eigenvalue weighted by molar-refractivity contribution is 0.0695. The maximum atomic E-state index is 14.4. The number of hydrogen-bond acceptors (Lipinski definition) is 2. The molecule has 2 saturated carbocycles. The Bertz CT molecular complexity index is 927. The first kappa shape index (κ1) is 14.3. The van der Waals surface area contributed by atoms with E-state index in [4.69, 9.17) is 0 Å². The largest absolute Gasteiger partial charge is 0.477 e. The van der Waals surface area contributed by atoms with Crippen molar-refractivity contribution in [2.75, 3.05) is 0 Å². The second-order valence-electron chi connectivity index (χ2n) is 6.17. The summed E-state index contributed by atoms with van der Waals surface area (Å²) in [6, 6.07) is -0.192. The van der Waals surface area contributed by atoms with Gasteiger partial charge in [-0.25, -0.2) is 18.0 Å². The van der Waals surface area contributed by atoms with Crippen molar-refractivity contribution in [2.24, 2.45) is 0 Å². The number of rotatable bonds is 3. The summed E-state index contributed by atoms with van der Waals surface area (Å²) in [6.07, 6.45) is 3.53. The van der Waals surface area contributed by atoms with Crippen molar-refractivity contribution in [3.63, 3.8) is 0 Å². The van der Waals surface area contributed by atoms with E-state index < -0.39 is 34.4 Å². The molecule has 2 aliphatic rings. The van der Waals surface area contributed by atoms with Crippen LogP contribution in [-0.2, 0) is 0 Å². The van der Waals surface area contributed by atoms with Gasteiger partial charge in [-0.2, -0.15) is 0 Å². The first-order valence-corrected chi connectivity index (χ1v) is 7.40. The fraction of sp³-hybridized carbons (Fsp3) is 0.375. The average molecular weight is 323 g/mol. The van der Waals surface area contributed by atoms with E-state index in [9.17, 15) is 27.9 Å². The molecule has 1 N–H and O–H groups in total. The molecule has 0 amide bonds. The number of carboxylic acids is 1. The summed E-state index contributed by atoms with van der Waals surface area (Å²) in [5, 5.41) is 8.89. The minimum Gasteiger partial charge on any atom is -0.477 e. The molecule has 0 atom stereocenters. The third-order valence-electron chi connectivity index (χ3n) is 4.49. The van der Waals surface area contributed by atoms with Crippen LogP contribution in [0.1, 0.15) is 53.6 Å². The minimum atomic E-state index is -1.60. The number of nitrogens with zero attached hydrogens (tertiary/aromatic N) is 1. The Labute approximate surface area is 128 Å². The molecule has 1 aromatic carbocycles. The molecule has 23 heavy (non-hydrogen) atoms. The van der Waals surface area contributed by atoms with Crippen LogP contribution in [0, 0.1) is 17.5 Å². The smallest absolute Gasteiger partial charge is 0.341 e. The highest BCUT2D eigenvalue weighted by atomic mass is 19.2. The van der Waals surface area contributed by atoms with E-state index in [0.717, 1.165) is 6.20 Å². The summed E-state index contributed by atoms with van der Waals surface area (Å²) in [6.45, 7) is 0. The Hall–Kier alpha value is -2.31. The number of benzene rings is 1. The van der Waals surface area contributed by atoms with Gasteiger partial charge in [0.05, 0.1) is 10.9 Å². The molecule has 1 heterocycles. The van der Waals surface area contributed by atoms with Crippen molar-refractivity contribution in [1.82, 2.24) is 4.57 Å². The van der Waals surface area contributed by atoms with E-state index in [-0.39, 0.29) is 28.4 Å². The quantitative estimate of drug-likeness (QED) is 0.882. The molecule has 0 radical (unpaired) electrons. The SMILES string of the molecule is O=C(O)c1cn(C2CC2)c2c(F)c(F)c(F)c(C3CC3)c2c1=O. The highest BCUT2D eigenvalue weighted by Crippen LogP contribution is 2.46. The molecule has 2 aliphatic carbocycles. The number of halogens is 3. The monoisotopic (exact) mass is 323 g/mol. The number of aromatic carboxylic acids is 1. The van der Waals surface area contributed by atoms with E-state index in [1.807, 2.05) is 0 Å². The van der Waals surface area contributed by atoms with Crippen molar-refractivity contribution < 1.29 is 23.1 Å². The van der Waals surface area contributed by atoms with Crippen LogP contribution in [0.15, 0.2) is 11.0 Å². The number of aromatic nitrogens is 1. The molecule has 1 aromatic heterocycles. The molecular weight excluding hydrogens is 311 g/mol. The fourth-order valence-electron chi connectivity index (χ4n) is 3.08. The molecule has 7 heteroatoms. The van der Waals surface area contributed by atoms with Crippen LogP contribution in [0.2, 0.25) is 0 Å². The second-order valence-corrected chi connectivity index (χ2v) is 6.17. The van der Waals surface area contributed by atoms with Gasteiger partial charge < -0.3 is 9.67 Å². The van der Waals surface area contributed by atoms with E-state index in [0.29, 0.717) is 25.7 Å². The van der Waals surface area contributed by atoms with Crippen molar-refractivity contribution in [1.29, 1.82) is 0 Å². The molecule has 0 aliphatic heterocycles. The lowest BCUT2D eigenvalue weighted by atomic mass is 10.00. The Morgan fingerprint density at radius 2 is 1.74 bits per heavy atom. The average Bonchev–Trinajstić information content (AvgIpc) is 3.36. The summed E-state index contributed by atoms with van der Waals surface area (Å²) in [4.78, 5) is 23.8. The van der Waals surface area contributed by atoms with Crippen molar-refractivity contribution in [3.8, 4) is 0 Å². The van der Waals surface area contributed by atoms with Crippen LogP contribution < -0.4 is 5.43 Å². The van der Waals surface area contributed by atoms with Gasteiger partial charge >= 0.3 is 5.97 Å². The lowest BCUT2D eigenvalue weighted by Gasteiger charge is -2.16. The predicted octanol–water partition coefficient (Wildman–Crippen LogP) is 3.33. The Balaban J connectivity index is 2.24. The summed E-state index contributed by atoms with van der Waals surface area (Å²) >= 11 is 0. The number of carbonyl (C=O) groups is 1. The van der Waals surface area contributed by atoms with E-state index in [2.05, 4.69) is 0 Å². The molecule has 0 saturated heterocycles. The van der Waals surface area contributed by atoms with Gasteiger partial charge in [0.1, 0.15) is 5.56 Å². The summed E-state index contributed by atoms with van der Waals surface area (Å²) < 4.78 is 43.9. The normalized spacial score (nSPS) is 17.7. The van der Waals surface area contributed by atoms with Gasteiger partial charge in [0.25, 0.3) is 0 Å². The zero-order valence-corrected chi connectivity index (χ0v) is 11.9. The molecule has 2 aromatic rings. The van der Waals surface area contributed by atoms with Gasteiger partial charge in [0, 0.05) is 17.8 Å². The Kier molecular flexibility index (Phi) is 2.86. The van der Waals surface area contributed by atoms with Crippen molar-refractivity contribution in [3.05, 3.63) is 45.0 Å². The maximum absolute atomic E-state index is 14.4. The van der Waals surface area contributed by atoms with Gasteiger partial charge in [0.15, 0.2) is 17.5 Å². The van der Waals surface area contributed by atoms with Gasteiger partial charge in [0.2, 0.25) is 5.43 Å². The predicted molar refractivity (Wildman–Crippen MR) is 75.3 cm³/mol. The molecule has 0 unspecified atom stereocenters. The van der Waals surface area contributed by atoms with Gasteiger partial charge in [-0.1, -0.05) is 0 Å². The van der Waals surface area contributed by atoms with Crippen LogP contribution in [-0.4, -0.2) is 15.6 Å². The Morgan fingerprint density at radius 3 is 2.26 bits per heavy atom. The number of carboxylic acid groups (broad SMARTS) is 1. The van der Waals surface area contributed by atoms with E-state index in [1.165, 1.54) is 4.57 Å². The highest BCUT2D eigenvalue weighted by Gasteiger charge is 2.37. The fourth-order valence-corrected chi connectivity index (χ4v) is 3.08. The first-order valence-electron chi connectivity index (χ1n) is 7.40. The minimum absolute atomic E-state index is 0.179. The topological polar surface area (TPSA) is 59.3 Å². The molecule has 0 bridgehead atoms. The van der Waals surface area contributed by atoms with E-state index >= 15 is 0 Å². The van der Waals surface area contributed by atoms with Crippen LogP contribution in [0.5, 0.6) is 0 Å². The first-order chi connectivity index (χ1) is 10.9. The molecule has 4 rings (SSSR count). The zero-order chi connectivity index (χ0) is 16.5. The maximum Gasteiger partial charge on any atom is 0.341 e. The van der Waals surface area contributed by atoms with Crippen LogP contribution in [0.25, 0.3) is 10.9 Å². The lowest BCUT2D eigenvalue weighted by Crippen LogP contribution is -2.22.